The number of aliphatic hydroxyl groups is 1. The summed E-state index contributed by atoms with van der Waals surface area (Å²) >= 11 is 6.15. The van der Waals surface area contributed by atoms with E-state index in [1.54, 1.807) is 0 Å². The zero-order chi connectivity index (χ0) is 14.8. The monoisotopic (exact) mass is 302 g/mol. The summed E-state index contributed by atoms with van der Waals surface area (Å²) in [5, 5.41) is 13.1. The largest absolute Gasteiger partial charge is 0.395 e. The summed E-state index contributed by atoms with van der Waals surface area (Å²) in [4.78, 5) is 8.54. The van der Waals surface area contributed by atoms with Crippen LogP contribution >= 0.6 is 11.6 Å². The lowest BCUT2D eigenvalue weighted by molar-refractivity contribution is 0.278. The van der Waals surface area contributed by atoms with Crippen LogP contribution in [0.15, 0.2) is 36.8 Å². The fraction of sp³-hybridized carbons (Fsp3) is 0.200. The van der Waals surface area contributed by atoms with Crippen molar-refractivity contribution in [2.75, 3.05) is 11.9 Å². The molecule has 0 fully saturated rings. The van der Waals surface area contributed by atoms with Crippen LogP contribution in [0.5, 0.6) is 0 Å². The smallest absolute Gasteiger partial charge is 0.158 e. The highest BCUT2D eigenvalue weighted by Gasteiger charge is 2.09. The molecular weight excluding hydrogens is 288 g/mol. The second kappa shape index (κ2) is 5.71. The van der Waals surface area contributed by atoms with E-state index >= 15 is 0 Å². The van der Waals surface area contributed by atoms with Crippen molar-refractivity contribution < 1.29 is 5.11 Å². The Morgan fingerprint density at radius 1 is 1.29 bits per heavy atom. The van der Waals surface area contributed by atoms with Crippen molar-refractivity contribution in [2.24, 2.45) is 0 Å². The van der Waals surface area contributed by atoms with Crippen molar-refractivity contribution >= 4 is 34.1 Å². The lowest BCUT2D eigenvalue weighted by Gasteiger charge is -2.10. The van der Waals surface area contributed by atoms with Gasteiger partial charge in [0.2, 0.25) is 0 Å². The average molecular weight is 303 g/mol. The third-order valence-electron chi connectivity index (χ3n) is 3.33. The number of rotatable bonds is 4. The molecule has 0 amide bonds. The molecule has 1 aromatic carbocycles. The van der Waals surface area contributed by atoms with E-state index in [1.807, 2.05) is 42.0 Å². The summed E-state index contributed by atoms with van der Waals surface area (Å²) in [6.07, 6.45) is 3.41. The first kappa shape index (κ1) is 13.9. The number of halogens is 1. The molecule has 0 radical (unpaired) electrons. The van der Waals surface area contributed by atoms with E-state index in [2.05, 4.69) is 15.3 Å². The number of benzene rings is 1. The van der Waals surface area contributed by atoms with E-state index in [0.717, 1.165) is 22.3 Å². The van der Waals surface area contributed by atoms with Gasteiger partial charge in [0.05, 0.1) is 12.1 Å². The van der Waals surface area contributed by atoms with Crippen LogP contribution in [0.3, 0.4) is 0 Å². The molecule has 3 aromatic rings. The van der Waals surface area contributed by atoms with Crippen molar-refractivity contribution in [3.05, 3.63) is 47.4 Å². The lowest BCUT2D eigenvalue weighted by atomic mass is 10.2. The van der Waals surface area contributed by atoms with Gasteiger partial charge in [0.15, 0.2) is 5.82 Å². The molecule has 0 aliphatic heterocycles. The molecule has 0 aliphatic carbocycles. The number of anilines is 2. The topological polar surface area (TPSA) is 63.0 Å². The molecule has 6 heteroatoms. The van der Waals surface area contributed by atoms with Gasteiger partial charge in [-0.3, -0.25) is 0 Å². The molecular formula is C15H15ClN4O. The molecule has 0 bridgehead atoms. The third-order valence-corrected chi connectivity index (χ3v) is 3.73. The highest BCUT2D eigenvalue weighted by atomic mass is 35.5. The fourth-order valence-electron chi connectivity index (χ4n) is 2.23. The third kappa shape index (κ3) is 2.70. The van der Waals surface area contributed by atoms with Crippen molar-refractivity contribution in [3.8, 4) is 0 Å². The van der Waals surface area contributed by atoms with Gasteiger partial charge in [0, 0.05) is 23.5 Å². The molecule has 0 atom stereocenters. The van der Waals surface area contributed by atoms with E-state index in [-0.39, 0.29) is 6.61 Å². The number of aromatic nitrogens is 3. The molecule has 0 aliphatic rings. The minimum Gasteiger partial charge on any atom is -0.395 e. The molecule has 108 valence electrons. The number of hydrogen-bond acceptors (Lipinski definition) is 4. The van der Waals surface area contributed by atoms with Gasteiger partial charge in [-0.2, -0.15) is 0 Å². The van der Waals surface area contributed by atoms with Gasteiger partial charge in [0.25, 0.3) is 0 Å². The normalized spacial score (nSPS) is 11.0. The predicted octanol–water partition coefficient (Wildman–Crippen LogP) is 3.13. The fourth-order valence-corrected chi connectivity index (χ4v) is 2.41. The van der Waals surface area contributed by atoms with Crippen molar-refractivity contribution in [2.45, 2.75) is 13.5 Å². The van der Waals surface area contributed by atoms with Gasteiger partial charge in [-0.1, -0.05) is 17.7 Å². The van der Waals surface area contributed by atoms with Crippen LogP contribution in [0.1, 0.15) is 5.56 Å². The van der Waals surface area contributed by atoms with Crippen molar-refractivity contribution in [1.82, 2.24) is 14.5 Å². The molecule has 2 aromatic heterocycles. The molecule has 0 saturated heterocycles. The van der Waals surface area contributed by atoms with Gasteiger partial charge in [-0.05, 0) is 30.7 Å². The SMILES string of the molecule is Cc1ccc(Nc2ncnc3ccn(CCO)c23)cc1Cl. The summed E-state index contributed by atoms with van der Waals surface area (Å²) in [5.41, 5.74) is 3.59. The van der Waals surface area contributed by atoms with Crippen LogP contribution in [0, 0.1) is 6.92 Å². The van der Waals surface area contributed by atoms with E-state index < -0.39 is 0 Å². The Hall–Kier alpha value is -2.11. The van der Waals surface area contributed by atoms with Gasteiger partial charge in [-0.15, -0.1) is 0 Å². The molecule has 2 N–H and O–H groups in total. The maximum absolute atomic E-state index is 9.15. The van der Waals surface area contributed by atoms with Gasteiger partial charge in [0.1, 0.15) is 11.8 Å². The molecule has 5 nitrogen and oxygen atoms in total. The van der Waals surface area contributed by atoms with Crippen LogP contribution in [-0.2, 0) is 6.54 Å². The summed E-state index contributed by atoms with van der Waals surface area (Å²) in [6, 6.07) is 7.68. The molecule has 3 rings (SSSR count). The molecule has 0 spiro atoms. The quantitative estimate of drug-likeness (QED) is 0.777. The van der Waals surface area contributed by atoms with Crippen LogP contribution in [0.25, 0.3) is 11.0 Å². The number of nitrogens with one attached hydrogen (secondary N) is 1. The lowest BCUT2D eigenvalue weighted by Crippen LogP contribution is -2.04. The van der Waals surface area contributed by atoms with E-state index in [1.165, 1.54) is 6.33 Å². The van der Waals surface area contributed by atoms with Crippen LogP contribution in [-0.4, -0.2) is 26.2 Å². The highest BCUT2D eigenvalue weighted by molar-refractivity contribution is 6.31. The van der Waals surface area contributed by atoms with Crippen LogP contribution in [0.4, 0.5) is 11.5 Å². The predicted molar refractivity (Wildman–Crippen MR) is 84.1 cm³/mol. The Balaban J connectivity index is 2.03. The van der Waals surface area contributed by atoms with Gasteiger partial charge in [-0.25, -0.2) is 9.97 Å². The van der Waals surface area contributed by atoms with Crippen molar-refractivity contribution in [1.29, 1.82) is 0 Å². The Kier molecular flexibility index (Phi) is 3.77. The minimum absolute atomic E-state index is 0.0640. The summed E-state index contributed by atoms with van der Waals surface area (Å²) in [6.45, 7) is 2.52. The molecule has 0 unspecified atom stereocenters. The Morgan fingerprint density at radius 3 is 2.90 bits per heavy atom. The minimum atomic E-state index is 0.0640. The van der Waals surface area contributed by atoms with E-state index in [4.69, 9.17) is 16.7 Å². The second-order valence-electron chi connectivity index (χ2n) is 4.78. The highest BCUT2D eigenvalue weighted by Crippen LogP contribution is 2.26. The van der Waals surface area contributed by atoms with Gasteiger partial charge >= 0.3 is 0 Å². The van der Waals surface area contributed by atoms with Crippen molar-refractivity contribution in [3.63, 3.8) is 0 Å². The Morgan fingerprint density at radius 2 is 2.14 bits per heavy atom. The first-order valence-electron chi connectivity index (χ1n) is 6.63. The Bertz CT molecular complexity index is 784. The van der Waals surface area contributed by atoms with Crippen LogP contribution < -0.4 is 5.32 Å². The zero-order valence-electron chi connectivity index (χ0n) is 11.5. The number of hydrogen-bond donors (Lipinski definition) is 2. The number of aliphatic hydroxyl groups excluding tert-OH is 1. The number of nitrogens with zero attached hydrogens (tertiary/aromatic N) is 3. The maximum atomic E-state index is 9.15. The molecule has 2 heterocycles. The zero-order valence-corrected chi connectivity index (χ0v) is 12.3. The van der Waals surface area contributed by atoms with Gasteiger partial charge < -0.3 is 15.0 Å². The Labute approximate surface area is 127 Å². The number of fused-ring (bicyclic) bond motifs is 1. The summed E-state index contributed by atoms with van der Waals surface area (Å²) in [7, 11) is 0. The number of aryl methyl sites for hydroxylation is 1. The van der Waals surface area contributed by atoms with Crippen LogP contribution in [0.2, 0.25) is 5.02 Å². The van der Waals surface area contributed by atoms with E-state index in [0.29, 0.717) is 17.4 Å². The second-order valence-corrected chi connectivity index (χ2v) is 5.19. The summed E-state index contributed by atoms with van der Waals surface area (Å²) in [5.74, 6) is 0.693. The first-order valence-corrected chi connectivity index (χ1v) is 7.00. The molecule has 21 heavy (non-hydrogen) atoms. The molecule has 0 saturated carbocycles. The van der Waals surface area contributed by atoms with E-state index in [9.17, 15) is 0 Å². The standard InChI is InChI=1S/C15H15ClN4O/c1-10-2-3-11(8-12(10)16)19-15-14-13(17-9-18-15)4-5-20(14)6-7-21/h2-5,8-9,21H,6-7H2,1H3,(H,17,18,19). The maximum Gasteiger partial charge on any atom is 0.158 e. The summed E-state index contributed by atoms with van der Waals surface area (Å²) < 4.78 is 1.92. The average Bonchev–Trinajstić information content (AvgIpc) is 2.88. The first-order chi connectivity index (χ1) is 10.2.